The monoisotopic (exact) mass is 384 g/mol. The van der Waals surface area contributed by atoms with Gasteiger partial charge in [-0.1, -0.05) is 47.5 Å². The predicted octanol–water partition coefficient (Wildman–Crippen LogP) is 6.60. The Bertz CT molecular complexity index is 1060. The molecule has 26 heavy (non-hydrogen) atoms. The summed E-state index contributed by atoms with van der Waals surface area (Å²) in [5.74, 6) is -0.424. The van der Waals surface area contributed by atoms with Crippen molar-refractivity contribution < 1.29 is 4.39 Å². The topological polar surface area (TPSA) is 28.7 Å². The van der Waals surface area contributed by atoms with Crippen molar-refractivity contribution in [3.05, 3.63) is 86.9 Å². The van der Waals surface area contributed by atoms with Gasteiger partial charge >= 0.3 is 0 Å². The molecule has 2 aromatic carbocycles. The van der Waals surface area contributed by atoms with Crippen LogP contribution >= 0.6 is 23.2 Å². The zero-order chi connectivity index (χ0) is 18.8. The number of aryl methyl sites for hydroxylation is 1. The minimum atomic E-state index is -0.424. The molecular weight excluding hydrogens is 370 g/mol. The molecule has 0 saturated heterocycles. The van der Waals surface area contributed by atoms with Crippen molar-refractivity contribution >= 4 is 34.9 Å². The molecule has 1 aromatic heterocycles. The van der Waals surface area contributed by atoms with Crippen LogP contribution in [0.2, 0.25) is 10.0 Å². The van der Waals surface area contributed by atoms with Gasteiger partial charge in [0.1, 0.15) is 5.82 Å². The van der Waals surface area contributed by atoms with Crippen LogP contribution in [0.25, 0.3) is 17.3 Å². The van der Waals surface area contributed by atoms with Gasteiger partial charge in [-0.3, -0.25) is 0 Å². The molecule has 0 aliphatic carbocycles. The minimum Gasteiger partial charge on any atom is -0.316 e. The van der Waals surface area contributed by atoms with Crippen molar-refractivity contribution in [3.8, 4) is 11.8 Å². The Morgan fingerprint density at radius 3 is 2.54 bits per heavy atom. The average Bonchev–Trinajstić information content (AvgIpc) is 2.90. The Hall–Kier alpha value is -2.54. The number of hydrogen-bond donors (Lipinski definition) is 0. The Labute approximate surface area is 161 Å². The molecule has 0 radical (unpaired) electrons. The summed E-state index contributed by atoms with van der Waals surface area (Å²) in [6.45, 7) is 3.86. The Kier molecular flexibility index (Phi) is 5.18. The van der Waals surface area contributed by atoms with E-state index in [1.54, 1.807) is 30.3 Å². The van der Waals surface area contributed by atoms with Crippen LogP contribution in [-0.4, -0.2) is 4.57 Å². The molecule has 0 saturated carbocycles. The third kappa shape index (κ3) is 3.26. The van der Waals surface area contributed by atoms with Gasteiger partial charge in [-0.05, 0) is 49.8 Å². The summed E-state index contributed by atoms with van der Waals surface area (Å²) in [6, 6.07) is 15.7. The van der Waals surface area contributed by atoms with E-state index in [1.165, 1.54) is 6.07 Å². The van der Waals surface area contributed by atoms with E-state index >= 15 is 0 Å². The molecule has 0 aliphatic heterocycles. The van der Waals surface area contributed by atoms with E-state index < -0.39 is 5.82 Å². The van der Waals surface area contributed by atoms with Crippen LogP contribution in [0.4, 0.5) is 4.39 Å². The molecule has 0 bridgehead atoms. The van der Waals surface area contributed by atoms with Crippen molar-refractivity contribution in [2.45, 2.75) is 13.8 Å². The zero-order valence-corrected chi connectivity index (χ0v) is 15.7. The number of rotatable bonds is 3. The first kappa shape index (κ1) is 18.3. The molecule has 0 unspecified atom stereocenters. The fourth-order valence-corrected chi connectivity index (χ4v) is 3.36. The van der Waals surface area contributed by atoms with Crippen molar-refractivity contribution in [2.24, 2.45) is 0 Å². The van der Waals surface area contributed by atoms with Crippen LogP contribution in [0.3, 0.4) is 0 Å². The predicted molar refractivity (Wildman–Crippen MR) is 105 cm³/mol. The Morgan fingerprint density at radius 2 is 1.85 bits per heavy atom. The minimum absolute atomic E-state index is 0.264. The second-order valence-corrected chi connectivity index (χ2v) is 6.67. The third-order valence-corrected chi connectivity index (χ3v) is 5.04. The van der Waals surface area contributed by atoms with E-state index in [4.69, 9.17) is 23.2 Å². The van der Waals surface area contributed by atoms with Crippen molar-refractivity contribution in [1.29, 1.82) is 5.26 Å². The van der Waals surface area contributed by atoms with Gasteiger partial charge in [0.25, 0.3) is 0 Å². The summed E-state index contributed by atoms with van der Waals surface area (Å²) < 4.78 is 16.0. The standard InChI is InChI=1S/C21H15Cl2FN2/c1-13-10-15(11-16(12-25)17-6-3-4-8-19(17)24)14(2)26(13)20-9-5-7-18(22)21(20)23/h3-11H,1-2H3. The fourth-order valence-electron chi connectivity index (χ4n) is 2.97. The van der Waals surface area contributed by atoms with E-state index in [-0.39, 0.29) is 11.1 Å². The smallest absolute Gasteiger partial charge is 0.131 e. The molecule has 3 rings (SSSR count). The summed E-state index contributed by atoms with van der Waals surface area (Å²) in [5, 5.41) is 10.4. The maximum Gasteiger partial charge on any atom is 0.131 e. The third-order valence-electron chi connectivity index (χ3n) is 4.23. The highest BCUT2D eigenvalue weighted by Gasteiger charge is 2.15. The molecule has 130 valence electrons. The molecule has 1 heterocycles. The van der Waals surface area contributed by atoms with Gasteiger partial charge in [0.2, 0.25) is 0 Å². The number of nitrogens with zero attached hydrogens (tertiary/aromatic N) is 2. The number of hydrogen-bond acceptors (Lipinski definition) is 1. The van der Waals surface area contributed by atoms with Gasteiger partial charge < -0.3 is 4.57 Å². The van der Waals surface area contributed by atoms with Crippen LogP contribution in [0.5, 0.6) is 0 Å². The lowest BCUT2D eigenvalue weighted by Gasteiger charge is -2.12. The number of benzene rings is 2. The first-order valence-corrected chi connectivity index (χ1v) is 8.69. The van der Waals surface area contributed by atoms with Gasteiger partial charge in [0.15, 0.2) is 0 Å². The zero-order valence-electron chi connectivity index (χ0n) is 14.2. The molecule has 2 nitrogen and oxygen atoms in total. The van der Waals surface area contributed by atoms with E-state index in [2.05, 4.69) is 6.07 Å². The van der Waals surface area contributed by atoms with Crippen LogP contribution in [0, 0.1) is 31.0 Å². The van der Waals surface area contributed by atoms with E-state index in [9.17, 15) is 9.65 Å². The molecule has 0 spiro atoms. The lowest BCUT2D eigenvalue weighted by Crippen LogP contribution is -2.00. The van der Waals surface area contributed by atoms with Crippen molar-refractivity contribution in [3.63, 3.8) is 0 Å². The normalized spacial score (nSPS) is 11.5. The highest BCUT2D eigenvalue weighted by atomic mass is 35.5. The van der Waals surface area contributed by atoms with Gasteiger partial charge in [-0.25, -0.2) is 4.39 Å². The van der Waals surface area contributed by atoms with Crippen LogP contribution in [0.15, 0.2) is 48.5 Å². The Morgan fingerprint density at radius 1 is 1.12 bits per heavy atom. The molecule has 5 heteroatoms. The van der Waals surface area contributed by atoms with E-state index in [0.29, 0.717) is 10.0 Å². The van der Waals surface area contributed by atoms with Crippen molar-refractivity contribution in [1.82, 2.24) is 4.57 Å². The highest BCUT2D eigenvalue weighted by Crippen LogP contribution is 2.32. The first-order chi connectivity index (χ1) is 12.4. The SMILES string of the molecule is Cc1cc(C=C(C#N)c2ccccc2F)c(C)n1-c1cccc(Cl)c1Cl. The van der Waals surface area contributed by atoms with Crippen LogP contribution in [-0.2, 0) is 0 Å². The average molecular weight is 385 g/mol. The summed E-state index contributed by atoms with van der Waals surface area (Å²) in [6.07, 6.45) is 1.69. The number of nitriles is 1. The van der Waals surface area contributed by atoms with Gasteiger partial charge in [0, 0.05) is 17.0 Å². The van der Waals surface area contributed by atoms with E-state index in [1.807, 2.05) is 36.6 Å². The van der Waals surface area contributed by atoms with Gasteiger partial charge in [-0.15, -0.1) is 0 Å². The van der Waals surface area contributed by atoms with Gasteiger partial charge in [-0.2, -0.15) is 5.26 Å². The van der Waals surface area contributed by atoms with Crippen LogP contribution in [0.1, 0.15) is 22.5 Å². The molecular formula is C21H15Cl2FN2. The largest absolute Gasteiger partial charge is 0.316 e. The van der Waals surface area contributed by atoms with Crippen LogP contribution < -0.4 is 0 Å². The molecule has 0 amide bonds. The maximum atomic E-state index is 14.0. The highest BCUT2D eigenvalue weighted by molar-refractivity contribution is 6.43. The summed E-state index contributed by atoms with van der Waals surface area (Å²) >= 11 is 12.5. The number of aromatic nitrogens is 1. The Balaban J connectivity index is 2.16. The summed E-state index contributed by atoms with van der Waals surface area (Å²) in [5.41, 5.74) is 3.94. The molecule has 0 aliphatic rings. The summed E-state index contributed by atoms with van der Waals surface area (Å²) in [7, 11) is 0. The molecule has 3 aromatic rings. The fraction of sp³-hybridized carbons (Fsp3) is 0.0952. The lowest BCUT2D eigenvalue weighted by atomic mass is 10.0. The second-order valence-electron chi connectivity index (χ2n) is 5.88. The van der Waals surface area contributed by atoms with Gasteiger partial charge in [0.05, 0.1) is 27.4 Å². The number of halogens is 3. The quantitative estimate of drug-likeness (QED) is 0.467. The van der Waals surface area contributed by atoms with Crippen molar-refractivity contribution in [2.75, 3.05) is 0 Å². The van der Waals surface area contributed by atoms with E-state index in [0.717, 1.165) is 22.6 Å². The second kappa shape index (κ2) is 7.37. The first-order valence-electron chi connectivity index (χ1n) is 7.94. The molecule has 0 fully saturated rings. The lowest BCUT2D eigenvalue weighted by molar-refractivity contribution is 0.624. The summed E-state index contributed by atoms with van der Waals surface area (Å²) in [4.78, 5) is 0. The number of allylic oxidation sites excluding steroid dienone is 1. The maximum absolute atomic E-state index is 14.0. The molecule has 0 N–H and O–H groups in total. The molecule has 0 atom stereocenters.